The Hall–Kier alpha value is -4.40. The molecule has 182 valence electrons. The zero-order valence-corrected chi connectivity index (χ0v) is 18.6. The maximum absolute atomic E-state index is 13.4. The van der Waals surface area contributed by atoms with Gasteiger partial charge in [-0.2, -0.15) is 13.2 Å². The van der Waals surface area contributed by atoms with Crippen molar-refractivity contribution in [3.8, 4) is 34.0 Å². The van der Waals surface area contributed by atoms with Crippen molar-refractivity contribution in [3.63, 3.8) is 0 Å². The van der Waals surface area contributed by atoms with Gasteiger partial charge in [-0.3, -0.25) is 4.79 Å². The van der Waals surface area contributed by atoms with Gasteiger partial charge in [-0.1, -0.05) is 18.2 Å². The third-order valence-electron chi connectivity index (χ3n) is 5.53. The molecule has 0 aliphatic carbocycles. The minimum absolute atomic E-state index is 0.265. The summed E-state index contributed by atoms with van der Waals surface area (Å²) >= 11 is 0. The molecule has 1 N–H and O–H groups in total. The van der Waals surface area contributed by atoms with E-state index in [0.717, 1.165) is 17.7 Å². The van der Waals surface area contributed by atoms with Crippen molar-refractivity contribution in [1.29, 1.82) is 0 Å². The lowest BCUT2D eigenvalue weighted by Crippen LogP contribution is -2.19. The molecule has 0 unspecified atom stereocenters. The molecule has 2 heterocycles. The molecule has 5 nitrogen and oxygen atoms in total. The number of amides is 1. The van der Waals surface area contributed by atoms with E-state index in [1.807, 2.05) is 30.3 Å². The number of fused-ring (bicyclic) bond motifs is 1. The number of pyridine rings is 1. The standard InChI is InChI=1S/C27H18F4N2O3/c28-18-8-9-20(21(15-18)27(29,30)31)26(34)32-19-4-1-3-16(13-19)22-5-2-6-23(33-22)17-7-10-24-25(14-17)36-12-11-35-24/h1-10,13-15H,11-12H2,(H,32,34). The lowest BCUT2D eigenvalue weighted by atomic mass is 10.1. The van der Waals surface area contributed by atoms with Crippen molar-refractivity contribution in [1.82, 2.24) is 4.98 Å². The average Bonchev–Trinajstić information content (AvgIpc) is 2.88. The number of hydrogen-bond acceptors (Lipinski definition) is 4. The molecule has 0 atom stereocenters. The van der Waals surface area contributed by atoms with Gasteiger partial charge in [-0.25, -0.2) is 9.37 Å². The highest BCUT2D eigenvalue weighted by atomic mass is 19.4. The number of carbonyl (C=O) groups excluding carboxylic acids is 1. The molecule has 1 amide bonds. The van der Waals surface area contributed by atoms with Gasteiger partial charge in [0.05, 0.1) is 22.5 Å². The van der Waals surface area contributed by atoms with Crippen molar-refractivity contribution < 1.29 is 31.8 Å². The van der Waals surface area contributed by atoms with Gasteiger partial charge < -0.3 is 14.8 Å². The summed E-state index contributed by atoms with van der Waals surface area (Å²) in [6.45, 7) is 0.955. The molecule has 1 aliphatic heterocycles. The lowest BCUT2D eigenvalue weighted by Gasteiger charge is -2.18. The van der Waals surface area contributed by atoms with E-state index in [4.69, 9.17) is 14.5 Å². The van der Waals surface area contributed by atoms with Crippen LogP contribution in [0.5, 0.6) is 11.5 Å². The second-order valence-electron chi connectivity index (χ2n) is 7.99. The Kier molecular flexibility index (Phi) is 6.05. The van der Waals surface area contributed by atoms with Crippen LogP contribution in [0, 0.1) is 5.82 Å². The predicted molar refractivity (Wildman–Crippen MR) is 125 cm³/mol. The van der Waals surface area contributed by atoms with Gasteiger partial charge in [0, 0.05) is 16.8 Å². The summed E-state index contributed by atoms with van der Waals surface area (Å²) in [7, 11) is 0. The molecular formula is C27H18F4N2O3. The van der Waals surface area contributed by atoms with Crippen molar-refractivity contribution in [2.75, 3.05) is 18.5 Å². The maximum atomic E-state index is 13.4. The minimum atomic E-state index is -4.88. The van der Waals surface area contributed by atoms with Gasteiger partial charge in [0.2, 0.25) is 0 Å². The highest BCUT2D eigenvalue weighted by Gasteiger charge is 2.35. The largest absolute Gasteiger partial charge is 0.486 e. The van der Waals surface area contributed by atoms with Gasteiger partial charge >= 0.3 is 6.18 Å². The van der Waals surface area contributed by atoms with Gasteiger partial charge in [-0.15, -0.1) is 0 Å². The number of benzene rings is 3. The number of nitrogens with zero attached hydrogens (tertiary/aromatic N) is 1. The quantitative estimate of drug-likeness (QED) is 0.325. The Balaban J connectivity index is 1.41. The number of carbonyl (C=O) groups is 1. The fourth-order valence-corrected chi connectivity index (χ4v) is 3.86. The van der Waals surface area contributed by atoms with Crippen molar-refractivity contribution in [3.05, 3.63) is 95.8 Å². The zero-order valence-electron chi connectivity index (χ0n) is 18.6. The Morgan fingerprint density at radius 3 is 2.25 bits per heavy atom. The Morgan fingerprint density at radius 2 is 1.50 bits per heavy atom. The van der Waals surface area contributed by atoms with E-state index < -0.39 is 29.0 Å². The molecule has 0 saturated carbocycles. The van der Waals surface area contributed by atoms with E-state index in [9.17, 15) is 22.4 Å². The third-order valence-corrected chi connectivity index (χ3v) is 5.53. The summed E-state index contributed by atoms with van der Waals surface area (Å²) in [5.74, 6) is -0.781. The molecule has 0 radical (unpaired) electrons. The minimum Gasteiger partial charge on any atom is -0.486 e. The molecule has 36 heavy (non-hydrogen) atoms. The van der Waals surface area contributed by atoms with E-state index in [1.165, 1.54) is 0 Å². The van der Waals surface area contributed by atoms with Crippen LogP contribution < -0.4 is 14.8 Å². The highest BCUT2D eigenvalue weighted by Crippen LogP contribution is 2.35. The van der Waals surface area contributed by atoms with E-state index in [0.29, 0.717) is 47.7 Å². The summed E-state index contributed by atoms with van der Waals surface area (Å²) in [4.78, 5) is 17.3. The van der Waals surface area contributed by atoms with Crippen molar-refractivity contribution >= 4 is 11.6 Å². The summed E-state index contributed by atoms with van der Waals surface area (Å²) < 4.78 is 64.5. The van der Waals surface area contributed by atoms with Crippen LogP contribution in [0.15, 0.2) is 78.9 Å². The topological polar surface area (TPSA) is 60.5 Å². The van der Waals surface area contributed by atoms with Crippen LogP contribution in [0.2, 0.25) is 0 Å². The van der Waals surface area contributed by atoms with Crippen LogP contribution in [0.25, 0.3) is 22.5 Å². The van der Waals surface area contributed by atoms with Gasteiger partial charge in [0.1, 0.15) is 19.0 Å². The zero-order chi connectivity index (χ0) is 25.3. The Bertz CT molecular complexity index is 1450. The SMILES string of the molecule is O=C(Nc1cccc(-c2cccc(-c3ccc4c(c3)OCCO4)n2)c1)c1ccc(F)cc1C(F)(F)F. The second kappa shape index (κ2) is 9.33. The Morgan fingerprint density at radius 1 is 0.806 bits per heavy atom. The number of alkyl halides is 3. The smallest absolute Gasteiger partial charge is 0.417 e. The van der Waals surface area contributed by atoms with E-state index >= 15 is 0 Å². The van der Waals surface area contributed by atoms with Crippen LogP contribution in [-0.2, 0) is 6.18 Å². The summed E-state index contributed by atoms with van der Waals surface area (Å²) in [6, 6.07) is 19.5. The predicted octanol–water partition coefficient (Wildman–Crippen LogP) is 6.60. The number of aromatic nitrogens is 1. The van der Waals surface area contributed by atoms with E-state index in [1.54, 1.807) is 30.3 Å². The van der Waals surface area contributed by atoms with Crippen LogP contribution in [0.4, 0.5) is 23.2 Å². The van der Waals surface area contributed by atoms with Crippen LogP contribution >= 0.6 is 0 Å². The van der Waals surface area contributed by atoms with E-state index in [-0.39, 0.29) is 5.69 Å². The van der Waals surface area contributed by atoms with Gasteiger partial charge in [-0.05, 0) is 60.7 Å². The molecule has 1 aromatic heterocycles. The molecule has 0 bridgehead atoms. The first-order valence-corrected chi connectivity index (χ1v) is 10.9. The fraction of sp³-hybridized carbons (Fsp3) is 0.111. The molecule has 0 saturated heterocycles. The number of halogens is 4. The molecule has 0 fully saturated rings. The summed E-state index contributed by atoms with van der Waals surface area (Å²) in [5, 5.41) is 2.46. The number of anilines is 1. The first-order valence-electron chi connectivity index (χ1n) is 10.9. The van der Waals surface area contributed by atoms with E-state index in [2.05, 4.69) is 5.32 Å². The van der Waals surface area contributed by atoms with Crippen molar-refractivity contribution in [2.24, 2.45) is 0 Å². The maximum Gasteiger partial charge on any atom is 0.417 e. The fourth-order valence-electron chi connectivity index (χ4n) is 3.86. The first kappa shape index (κ1) is 23.3. The number of ether oxygens (including phenoxy) is 2. The summed E-state index contributed by atoms with van der Waals surface area (Å²) in [5.41, 5.74) is 0.986. The lowest BCUT2D eigenvalue weighted by molar-refractivity contribution is -0.138. The summed E-state index contributed by atoms with van der Waals surface area (Å²) in [6.07, 6.45) is -4.88. The van der Waals surface area contributed by atoms with Crippen LogP contribution in [0.1, 0.15) is 15.9 Å². The monoisotopic (exact) mass is 494 g/mol. The number of rotatable bonds is 4. The molecule has 4 aromatic rings. The number of hydrogen-bond donors (Lipinski definition) is 1. The van der Waals surface area contributed by atoms with Crippen molar-refractivity contribution in [2.45, 2.75) is 6.18 Å². The van der Waals surface area contributed by atoms with Gasteiger partial charge in [0.25, 0.3) is 5.91 Å². The first-order chi connectivity index (χ1) is 17.3. The van der Waals surface area contributed by atoms with Gasteiger partial charge in [0.15, 0.2) is 11.5 Å². The third kappa shape index (κ3) is 4.86. The normalized spacial score (nSPS) is 12.8. The second-order valence-corrected chi connectivity index (χ2v) is 7.99. The molecule has 9 heteroatoms. The van der Waals surface area contributed by atoms with Crippen LogP contribution in [0.3, 0.4) is 0 Å². The highest BCUT2D eigenvalue weighted by molar-refractivity contribution is 6.05. The van der Waals surface area contributed by atoms with Crippen LogP contribution in [-0.4, -0.2) is 24.1 Å². The molecule has 0 spiro atoms. The number of nitrogens with one attached hydrogen (secondary N) is 1. The Labute approximate surface area is 203 Å². The molecule has 5 rings (SSSR count). The molecule has 3 aromatic carbocycles. The molecular weight excluding hydrogens is 476 g/mol. The average molecular weight is 494 g/mol. The molecule has 1 aliphatic rings.